The lowest BCUT2D eigenvalue weighted by molar-refractivity contribution is -0.140. The predicted molar refractivity (Wildman–Crippen MR) is 97.5 cm³/mol. The number of thiazole rings is 1. The number of nitrogens with zero attached hydrogens (tertiary/aromatic N) is 5. The van der Waals surface area contributed by atoms with Crippen molar-refractivity contribution < 1.29 is 9.59 Å². The van der Waals surface area contributed by atoms with Gasteiger partial charge in [-0.2, -0.15) is 5.10 Å². The minimum absolute atomic E-state index is 0.0324. The lowest BCUT2D eigenvalue weighted by Gasteiger charge is -2.35. The quantitative estimate of drug-likeness (QED) is 0.842. The third-order valence-corrected chi connectivity index (χ3v) is 5.67. The van der Waals surface area contributed by atoms with E-state index in [2.05, 4.69) is 20.3 Å². The maximum absolute atomic E-state index is 12.8. The van der Waals surface area contributed by atoms with E-state index in [0.29, 0.717) is 18.9 Å². The molecule has 0 aromatic carbocycles. The standard InChI is InChI=1S/C17H22N6O2S/c1-21-5-4-15(20-21)19-16(24)9-22-6-12-2-3-14(8-22)23(17(12)25)7-13-10-26-11-18-13/h4-5,10-12,14H,2-3,6-9H2,1H3,(H,19,20,24)/t12-,14+/m1/s1. The van der Waals surface area contributed by atoms with E-state index < -0.39 is 0 Å². The van der Waals surface area contributed by atoms with E-state index in [4.69, 9.17) is 0 Å². The zero-order valence-corrected chi connectivity index (χ0v) is 15.5. The Labute approximate surface area is 155 Å². The van der Waals surface area contributed by atoms with Crippen LogP contribution in [0.4, 0.5) is 5.82 Å². The molecule has 2 bridgehead atoms. The number of rotatable bonds is 5. The maximum Gasteiger partial charge on any atom is 0.239 e. The molecule has 0 aliphatic carbocycles. The summed E-state index contributed by atoms with van der Waals surface area (Å²) in [7, 11) is 1.81. The van der Waals surface area contributed by atoms with Crippen molar-refractivity contribution in [2.45, 2.75) is 25.4 Å². The average molecular weight is 374 g/mol. The van der Waals surface area contributed by atoms with Gasteiger partial charge in [-0.3, -0.25) is 19.2 Å². The molecule has 3 fully saturated rings. The second-order valence-electron chi connectivity index (χ2n) is 6.99. The van der Waals surface area contributed by atoms with Crippen molar-refractivity contribution in [2.24, 2.45) is 13.0 Å². The Kier molecular flexibility index (Phi) is 4.73. The normalized spacial score (nSPS) is 23.3. The number of carbonyl (C=O) groups excluding carboxylic acids is 2. The molecule has 3 aliphatic heterocycles. The molecule has 0 saturated carbocycles. The van der Waals surface area contributed by atoms with Crippen LogP contribution in [0.1, 0.15) is 18.5 Å². The van der Waals surface area contributed by atoms with E-state index in [1.165, 1.54) is 0 Å². The second kappa shape index (κ2) is 7.16. The Morgan fingerprint density at radius 2 is 2.27 bits per heavy atom. The van der Waals surface area contributed by atoms with Gasteiger partial charge in [-0.15, -0.1) is 11.3 Å². The van der Waals surface area contributed by atoms with Crippen LogP contribution in [0, 0.1) is 5.92 Å². The number of aryl methyl sites for hydroxylation is 1. The van der Waals surface area contributed by atoms with Crippen molar-refractivity contribution in [1.29, 1.82) is 0 Å². The zero-order chi connectivity index (χ0) is 18.1. The van der Waals surface area contributed by atoms with Crippen LogP contribution in [0.5, 0.6) is 0 Å². The molecule has 8 nitrogen and oxygen atoms in total. The number of hydrogen-bond donors (Lipinski definition) is 1. The molecule has 0 spiro atoms. The van der Waals surface area contributed by atoms with E-state index in [1.54, 1.807) is 33.8 Å². The summed E-state index contributed by atoms with van der Waals surface area (Å²) in [5.41, 5.74) is 2.74. The van der Waals surface area contributed by atoms with Crippen molar-refractivity contribution in [3.05, 3.63) is 28.8 Å². The van der Waals surface area contributed by atoms with Crippen LogP contribution in [0.25, 0.3) is 0 Å². The third kappa shape index (κ3) is 3.63. The Bertz CT molecular complexity index is 789. The van der Waals surface area contributed by atoms with E-state index in [0.717, 1.165) is 25.1 Å². The van der Waals surface area contributed by atoms with Gasteiger partial charge in [0.2, 0.25) is 11.8 Å². The van der Waals surface area contributed by atoms with Gasteiger partial charge >= 0.3 is 0 Å². The smallest absolute Gasteiger partial charge is 0.239 e. The number of nitrogens with one attached hydrogen (secondary N) is 1. The highest BCUT2D eigenvalue weighted by molar-refractivity contribution is 7.07. The minimum Gasteiger partial charge on any atom is -0.332 e. The van der Waals surface area contributed by atoms with Gasteiger partial charge < -0.3 is 10.2 Å². The molecule has 0 radical (unpaired) electrons. The summed E-state index contributed by atoms with van der Waals surface area (Å²) in [4.78, 5) is 33.5. The molecule has 3 aliphatic rings. The first-order chi connectivity index (χ1) is 12.6. The molecule has 3 saturated heterocycles. The van der Waals surface area contributed by atoms with Gasteiger partial charge in [0, 0.05) is 43.8 Å². The minimum atomic E-state index is -0.0940. The molecular weight excluding hydrogens is 352 g/mol. The molecule has 0 unspecified atom stereocenters. The van der Waals surface area contributed by atoms with Crippen molar-refractivity contribution >= 4 is 29.0 Å². The fraction of sp³-hybridized carbons (Fsp3) is 0.529. The number of aromatic nitrogens is 3. The molecule has 2 aromatic rings. The Morgan fingerprint density at radius 1 is 1.38 bits per heavy atom. The van der Waals surface area contributed by atoms with Gasteiger partial charge in [-0.05, 0) is 12.8 Å². The molecule has 2 atom stereocenters. The van der Waals surface area contributed by atoms with Crippen LogP contribution in [0.15, 0.2) is 23.2 Å². The molecule has 2 aromatic heterocycles. The number of anilines is 1. The maximum atomic E-state index is 12.8. The van der Waals surface area contributed by atoms with Gasteiger partial charge in [0.15, 0.2) is 5.82 Å². The van der Waals surface area contributed by atoms with Crippen LogP contribution in [-0.4, -0.2) is 62.1 Å². The zero-order valence-electron chi connectivity index (χ0n) is 14.7. The summed E-state index contributed by atoms with van der Waals surface area (Å²) in [6.07, 6.45) is 3.67. The summed E-state index contributed by atoms with van der Waals surface area (Å²) in [6.45, 7) is 2.21. The highest BCUT2D eigenvalue weighted by Crippen LogP contribution is 2.30. The van der Waals surface area contributed by atoms with Crippen LogP contribution >= 0.6 is 11.3 Å². The van der Waals surface area contributed by atoms with Crippen LogP contribution in [-0.2, 0) is 23.2 Å². The highest BCUT2D eigenvalue weighted by atomic mass is 32.1. The van der Waals surface area contributed by atoms with E-state index >= 15 is 0 Å². The van der Waals surface area contributed by atoms with Gasteiger partial charge in [-0.1, -0.05) is 0 Å². The van der Waals surface area contributed by atoms with Crippen LogP contribution < -0.4 is 5.32 Å². The Hall–Kier alpha value is -2.26. The highest BCUT2D eigenvalue weighted by Gasteiger charge is 2.41. The first-order valence-electron chi connectivity index (χ1n) is 8.78. The molecular formula is C17H22N6O2S. The monoisotopic (exact) mass is 374 g/mol. The molecule has 138 valence electrons. The van der Waals surface area contributed by atoms with Crippen molar-refractivity contribution in [3.63, 3.8) is 0 Å². The molecule has 5 heterocycles. The van der Waals surface area contributed by atoms with Gasteiger partial charge in [0.05, 0.1) is 30.2 Å². The number of piperidine rings is 1. The third-order valence-electron chi connectivity index (χ3n) is 5.03. The summed E-state index contributed by atoms with van der Waals surface area (Å²) in [6, 6.07) is 1.91. The summed E-state index contributed by atoms with van der Waals surface area (Å²) in [5, 5.41) is 8.98. The van der Waals surface area contributed by atoms with E-state index in [1.807, 2.05) is 17.3 Å². The van der Waals surface area contributed by atoms with Crippen molar-refractivity contribution in [3.8, 4) is 0 Å². The number of amides is 2. The summed E-state index contributed by atoms with van der Waals surface area (Å²) >= 11 is 1.55. The molecule has 26 heavy (non-hydrogen) atoms. The first kappa shape index (κ1) is 17.2. The van der Waals surface area contributed by atoms with Gasteiger partial charge in [0.1, 0.15) is 0 Å². The lowest BCUT2D eigenvalue weighted by Crippen LogP contribution is -2.47. The SMILES string of the molecule is Cn1ccc(NC(=O)CN2C[C@H]3CC[C@@H](C2)N(Cc2cscn2)C3=O)n1. The lowest BCUT2D eigenvalue weighted by atomic mass is 9.94. The summed E-state index contributed by atoms with van der Waals surface area (Å²) in [5.74, 6) is 0.622. The van der Waals surface area contributed by atoms with E-state index in [-0.39, 0.29) is 30.3 Å². The van der Waals surface area contributed by atoms with Crippen LogP contribution in [0.2, 0.25) is 0 Å². The largest absolute Gasteiger partial charge is 0.332 e. The van der Waals surface area contributed by atoms with Gasteiger partial charge in [0.25, 0.3) is 0 Å². The molecule has 5 rings (SSSR count). The molecule has 9 heteroatoms. The number of fused-ring (bicyclic) bond motifs is 4. The molecule has 1 N–H and O–H groups in total. The number of carbonyl (C=O) groups is 2. The predicted octanol–water partition coefficient (Wildman–Crippen LogP) is 0.938. The fourth-order valence-electron chi connectivity index (χ4n) is 3.82. The first-order valence-corrected chi connectivity index (χ1v) is 9.72. The number of hydrogen-bond acceptors (Lipinski definition) is 6. The van der Waals surface area contributed by atoms with Crippen molar-refractivity contribution in [2.75, 3.05) is 25.0 Å². The van der Waals surface area contributed by atoms with E-state index in [9.17, 15) is 9.59 Å². The molecule has 2 amide bonds. The van der Waals surface area contributed by atoms with Crippen LogP contribution in [0.3, 0.4) is 0 Å². The Balaban J connectivity index is 1.40. The Morgan fingerprint density at radius 3 is 3.00 bits per heavy atom. The summed E-state index contributed by atoms with van der Waals surface area (Å²) < 4.78 is 1.65. The fourth-order valence-corrected chi connectivity index (χ4v) is 4.37. The topological polar surface area (TPSA) is 83.4 Å². The van der Waals surface area contributed by atoms with Gasteiger partial charge in [-0.25, -0.2) is 4.98 Å². The average Bonchev–Trinajstić information content (AvgIpc) is 3.18. The van der Waals surface area contributed by atoms with Crippen molar-refractivity contribution in [1.82, 2.24) is 24.6 Å². The second-order valence-corrected chi connectivity index (χ2v) is 7.71.